The van der Waals surface area contributed by atoms with Crippen molar-refractivity contribution in [1.82, 2.24) is 10.9 Å². The number of rotatable bonds is 4. The summed E-state index contributed by atoms with van der Waals surface area (Å²) in [6.45, 7) is 5.50. The molecule has 1 aromatic carbocycles. The lowest BCUT2D eigenvalue weighted by Crippen LogP contribution is -2.42. The van der Waals surface area contributed by atoms with Crippen LogP contribution < -0.4 is 10.9 Å². The van der Waals surface area contributed by atoms with Crippen molar-refractivity contribution in [1.29, 1.82) is 0 Å². The number of nitrogens with one attached hydrogen (secondary N) is 2. The van der Waals surface area contributed by atoms with Crippen LogP contribution in [0.25, 0.3) is 0 Å². The van der Waals surface area contributed by atoms with Crippen LogP contribution in [0.5, 0.6) is 0 Å². The molecule has 1 aromatic rings. The van der Waals surface area contributed by atoms with Gasteiger partial charge in [0.05, 0.1) is 0 Å². The minimum absolute atomic E-state index is 0.249. The molecule has 0 saturated carbocycles. The summed E-state index contributed by atoms with van der Waals surface area (Å²) in [5, 5.41) is 0. The molecule has 1 rings (SSSR count). The Morgan fingerprint density at radius 2 is 2.00 bits per heavy atom. The van der Waals surface area contributed by atoms with E-state index in [0.717, 1.165) is 18.2 Å². The third kappa shape index (κ3) is 6.15. The molecule has 2 N–H and O–H groups in total. The molecule has 0 fully saturated rings. The summed E-state index contributed by atoms with van der Waals surface area (Å²) in [4.78, 5) is 11.3. The first kappa shape index (κ1) is 15.4. The second-order valence-electron chi connectivity index (χ2n) is 5.04. The Hall–Kier alpha value is -1.69. The van der Waals surface area contributed by atoms with Crippen molar-refractivity contribution in [2.24, 2.45) is 0 Å². The minimum Gasteiger partial charge on any atom is -0.443 e. The third-order valence-electron chi connectivity index (χ3n) is 2.12. The Morgan fingerprint density at radius 1 is 1.32 bits per heavy atom. The average molecular weight is 272 g/mol. The van der Waals surface area contributed by atoms with E-state index in [4.69, 9.17) is 4.74 Å². The summed E-state index contributed by atoms with van der Waals surface area (Å²) in [5.41, 5.74) is 4.57. The van der Waals surface area contributed by atoms with E-state index in [0.29, 0.717) is 0 Å². The van der Waals surface area contributed by atoms with Crippen LogP contribution >= 0.6 is 0 Å². The van der Waals surface area contributed by atoms with E-state index in [-0.39, 0.29) is 18.5 Å². The van der Waals surface area contributed by atoms with Gasteiger partial charge in [0.1, 0.15) is 17.2 Å². The van der Waals surface area contributed by atoms with Gasteiger partial charge in [-0.15, -0.1) is 0 Å². The summed E-state index contributed by atoms with van der Waals surface area (Å²) in [6, 6.07) is 3.27. The Balaban J connectivity index is 2.31. The van der Waals surface area contributed by atoms with Crippen molar-refractivity contribution in [2.45, 2.75) is 32.8 Å². The van der Waals surface area contributed by atoms with Crippen LogP contribution in [0.2, 0.25) is 0 Å². The molecule has 106 valence electrons. The summed E-state index contributed by atoms with van der Waals surface area (Å²) in [5.74, 6) is -0.961. The van der Waals surface area contributed by atoms with Gasteiger partial charge < -0.3 is 4.74 Å². The van der Waals surface area contributed by atoms with Crippen LogP contribution in [-0.4, -0.2) is 18.2 Å². The van der Waals surface area contributed by atoms with E-state index in [1.165, 1.54) is 0 Å². The topological polar surface area (TPSA) is 50.4 Å². The van der Waals surface area contributed by atoms with Crippen molar-refractivity contribution in [3.8, 4) is 0 Å². The zero-order valence-electron chi connectivity index (χ0n) is 11.2. The van der Waals surface area contributed by atoms with Crippen molar-refractivity contribution >= 4 is 6.09 Å². The molecule has 0 heterocycles. The van der Waals surface area contributed by atoms with Crippen LogP contribution in [0.1, 0.15) is 26.3 Å². The number of hydrogen-bond donors (Lipinski definition) is 2. The van der Waals surface area contributed by atoms with Crippen LogP contribution in [0.4, 0.5) is 13.6 Å². The van der Waals surface area contributed by atoms with Gasteiger partial charge >= 0.3 is 6.09 Å². The minimum atomic E-state index is -0.618. The van der Waals surface area contributed by atoms with Gasteiger partial charge in [-0.25, -0.2) is 19.0 Å². The number of hydrogen-bond acceptors (Lipinski definition) is 3. The fraction of sp³-hybridized carbons (Fsp3) is 0.462. The molecule has 0 bridgehead atoms. The maximum atomic E-state index is 13.3. The van der Waals surface area contributed by atoms with Crippen molar-refractivity contribution in [2.75, 3.05) is 6.54 Å². The van der Waals surface area contributed by atoms with Crippen LogP contribution in [-0.2, 0) is 11.2 Å². The van der Waals surface area contributed by atoms with Gasteiger partial charge in [-0.05, 0) is 51.0 Å². The van der Waals surface area contributed by atoms with E-state index in [1.807, 2.05) is 0 Å². The molecule has 6 heteroatoms. The molecule has 0 saturated heterocycles. The predicted octanol–water partition coefficient (Wildman–Crippen LogP) is 2.54. The van der Waals surface area contributed by atoms with Crippen molar-refractivity contribution in [3.05, 3.63) is 35.4 Å². The van der Waals surface area contributed by atoms with Gasteiger partial charge in [-0.2, -0.15) is 0 Å². The maximum absolute atomic E-state index is 13.3. The van der Waals surface area contributed by atoms with Gasteiger partial charge in [0, 0.05) is 6.54 Å². The van der Waals surface area contributed by atoms with E-state index >= 15 is 0 Å². The second kappa shape index (κ2) is 6.47. The Labute approximate surface area is 111 Å². The molecule has 0 radical (unpaired) electrons. The van der Waals surface area contributed by atoms with Gasteiger partial charge in [-0.1, -0.05) is 0 Å². The smallest absolute Gasteiger partial charge is 0.422 e. The number of amides is 1. The standard InChI is InChI=1S/C13H18F2N2O2/c1-13(2,3)19-12(18)17-16-7-6-9-8-10(14)4-5-11(9)15/h4-5,8,16H,6-7H2,1-3H3,(H,17,18). The zero-order valence-corrected chi connectivity index (χ0v) is 11.2. The molecule has 0 spiro atoms. The highest BCUT2D eigenvalue weighted by molar-refractivity contribution is 5.66. The van der Waals surface area contributed by atoms with Crippen LogP contribution in [0.3, 0.4) is 0 Å². The predicted molar refractivity (Wildman–Crippen MR) is 67.4 cm³/mol. The molecule has 0 aromatic heterocycles. The molecule has 0 aliphatic heterocycles. The zero-order chi connectivity index (χ0) is 14.5. The number of carbonyl (C=O) groups is 1. The van der Waals surface area contributed by atoms with Crippen LogP contribution in [0, 0.1) is 11.6 Å². The molecule has 19 heavy (non-hydrogen) atoms. The normalized spacial score (nSPS) is 11.2. The summed E-state index contributed by atoms with van der Waals surface area (Å²) < 4.78 is 31.2. The first-order chi connectivity index (χ1) is 8.78. The molecular weight excluding hydrogens is 254 g/mol. The summed E-state index contributed by atoms with van der Waals surface area (Å²) in [7, 11) is 0. The maximum Gasteiger partial charge on any atom is 0.422 e. The summed E-state index contributed by atoms with van der Waals surface area (Å²) in [6.07, 6.45) is -0.369. The van der Waals surface area contributed by atoms with Gasteiger partial charge in [-0.3, -0.25) is 5.43 Å². The largest absolute Gasteiger partial charge is 0.443 e. The first-order valence-electron chi connectivity index (χ1n) is 5.94. The fourth-order valence-corrected chi connectivity index (χ4v) is 1.37. The molecule has 0 aliphatic rings. The van der Waals surface area contributed by atoms with Crippen molar-refractivity contribution in [3.63, 3.8) is 0 Å². The van der Waals surface area contributed by atoms with E-state index in [1.54, 1.807) is 20.8 Å². The SMILES string of the molecule is CC(C)(C)OC(=O)NNCCc1cc(F)ccc1F. The molecule has 0 aliphatic carbocycles. The van der Waals surface area contributed by atoms with Gasteiger partial charge in [0.25, 0.3) is 0 Å². The lowest BCUT2D eigenvalue weighted by atomic mass is 10.1. The third-order valence-corrected chi connectivity index (χ3v) is 2.12. The second-order valence-corrected chi connectivity index (χ2v) is 5.04. The Bertz CT molecular complexity index is 445. The highest BCUT2D eigenvalue weighted by atomic mass is 19.1. The lowest BCUT2D eigenvalue weighted by molar-refractivity contribution is 0.0499. The van der Waals surface area contributed by atoms with Gasteiger partial charge in [0.2, 0.25) is 0 Å². The van der Waals surface area contributed by atoms with Crippen LogP contribution in [0.15, 0.2) is 18.2 Å². The number of ether oxygens (including phenoxy) is 1. The Kier molecular flexibility index (Phi) is 5.23. The number of halogens is 2. The van der Waals surface area contributed by atoms with E-state index in [2.05, 4.69) is 10.9 Å². The molecule has 0 unspecified atom stereocenters. The number of hydrazine groups is 1. The Morgan fingerprint density at radius 3 is 2.63 bits per heavy atom. The quantitative estimate of drug-likeness (QED) is 0.654. The lowest BCUT2D eigenvalue weighted by Gasteiger charge is -2.19. The van der Waals surface area contributed by atoms with E-state index in [9.17, 15) is 13.6 Å². The molecule has 4 nitrogen and oxygen atoms in total. The number of benzene rings is 1. The highest BCUT2D eigenvalue weighted by Gasteiger charge is 2.15. The first-order valence-corrected chi connectivity index (χ1v) is 5.94. The molecule has 1 amide bonds. The highest BCUT2D eigenvalue weighted by Crippen LogP contribution is 2.09. The molecular formula is C13H18F2N2O2. The number of carbonyl (C=O) groups excluding carboxylic acids is 1. The average Bonchev–Trinajstić information content (AvgIpc) is 2.26. The van der Waals surface area contributed by atoms with Crippen molar-refractivity contribution < 1.29 is 18.3 Å². The fourth-order valence-electron chi connectivity index (χ4n) is 1.37. The van der Waals surface area contributed by atoms with Gasteiger partial charge in [0.15, 0.2) is 0 Å². The monoisotopic (exact) mass is 272 g/mol. The molecule has 0 atom stereocenters. The van der Waals surface area contributed by atoms with E-state index < -0.39 is 23.3 Å². The summed E-state index contributed by atoms with van der Waals surface area (Å²) >= 11 is 0.